The molecule has 0 unspecified atom stereocenters. The summed E-state index contributed by atoms with van der Waals surface area (Å²) in [5, 5.41) is 7.70. The fraction of sp³-hybridized carbons (Fsp3) is 0.0526. The number of methoxy groups -OCH3 is 2. The third-order valence-electron chi connectivity index (χ3n) is 7.23. The Balaban J connectivity index is 1.61. The average molecular weight is 583 g/mol. The topological polar surface area (TPSA) is 18.5 Å². The van der Waals surface area contributed by atoms with E-state index >= 15 is 0 Å². The highest BCUT2D eigenvalue weighted by Crippen LogP contribution is 2.44. The second-order valence-corrected chi connectivity index (χ2v) is 14.2. The van der Waals surface area contributed by atoms with Gasteiger partial charge in [-0.05, 0) is 65.9 Å². The highest BCUT2D eigenvalue weighted by Gasteiger charge is 2.26. The first-order valence-corrected chi connectivity index (χ1v) is 16.6. The van der Waals surface area contributed by atoms with Crippen LogP contribution in [0.25, 0.3) is 11.1 Å². The van der Waals surface area contributed by atoms with Gasteiger partial charge in [-0.1, -0.05) is 140 Å². The van der Waals surface area contributed by atoms with Crippen molar-refractivity contribution < 1.29 is 9.47 Å². The van der Waals surface area contributed by atoms with Gasteiger partial charge in [0, 0.05) is 11.1 Å². The van der Waals surface area contributed by atoms with Crippen molar-refractivity contribution in [2.75, 3.05) is 14.2 Å². The minimum atomic E-state index is -0.873. The molecule has 0 heterocycles. The summed E-state index contributed by atoms with van der Waals surface area (Å²) in [6.07, 6.45) is 0. The van der Waals surface area contributed by atoms with Gasteiger partial charge in [0.05, 0.1) is 14.2 Å². The van der Waals surface area contributed by atoms with Crippen LogP contribution in [0.15, 0.2) is 158 Å². The van der Waals surface area contributed by atoms with Crippen LogP contribution in [-0.2, 0) is 0 Å². The first-order valence-electron chi connectivity index (χ1n) is 13.9. The summed E-state index contributed by atoms with van der Waals surface area (Å²) in [4.78, 5) is 0. The quantitative estimate of drug-likeness (QED) is 0.173. The molecule has 0 fully saturated rings. The highest BCUT2D eigenvalue weighted by atomic mass is 31.1. The summed E-state index contributed by atoms with van der Waals surface area (Å²) in [5.74, 6) is 1.67. The van der Waals surface area contributed by atoms with Gasteiger partial charge in [0.1, 0.15) is 11.5 Å². The first-order chi connectivity index (χ1) is 20.8. The molecular formula is C38H32O2P2. The van der Waals surface area contributed by atoms with E-state index in [4.69, 9.17) is 9.47 Å². The van der Waals surface area contributed by atoms with Gasteiger partial charge in [-0.3, -0.25) is 0 Å². The van der Waals surface area contributed by atoms with Crippen LogP contribution in [0.5, 0.6) is 11.5 Å². The zero-order chi connectivity index (χ0) is 28.7. The molecule has 0 spiro atoms. The van der Waals surface area contributed by atoms with Crippen LogP contribution in [0, 0.1) is 0 Å². The van der Waals surface area contributed by atoms with Crippen molar-refractivity contribution in [3.05, 3.63) is 158 Å². The molecule has 4 heteroatoms. The summed E-state index contributed by atoms with van der Waals surface area (Å²) >= 11 is 0. The molecule has 0 aliphatic heterocycles. The fourth-order valence-electron chi connectivity index (χ4n) is 5.36. The lowest BCUT2D eigenvalue weighted by Gasteiger charge is -2.26. The lowest BCUT2D eigenvalue weighted by Crippen LogP contribution is -2.23. The number of ether oxygens (including phenoxy) is 2. The molecule has 0 N–H and O–H groups in total. The molecule has 0 radical (unpaired) electrons. The number of hydrogen-bond donors (Lipinski definition) is 0. The van der Waals surface area contributed by atoms with Gasteiger partial charge in [-0.15, -0.1) is 0 Å². The van der Waals surface area contributed by atoms with Gasteiger partial charge in [0.2, 0.25) is 0 Å². The van der Waals surface area contributed by atoms with Crippen LogP contribution in [0.1, 0.15) is 0 Å². The largest absolute Gasteiger partial charge is 0.496 e. The zero-order valence-electron chi connectivity index (χ0n) is 23.7. The molecule has 2 nitrogen and oxygen atoms in total. The first kappa shape index (κ1) is 27.9. The van der Waals surface area contributed by atoms with E-state index in [0.717, 1.165) is 22.6 Å². The van der Waals surface area contributed by atoms with Gasteiger partial charge >= 0.3 is 0 Å². The molecule has 6 aromatic rings. The number of benzene rings is 6. The molecule has 0 atom stereocenters. The zero-order valence-corrected chi connectivity index (χ0v) is 25.5. The summed E-state index contributed by atoms with van der Waals surface area (Å²) in [7, 11) is 1.85. The molecule has 42 heavy (non-hydrogen) atoms. The second-order valence-electron chi connectivity index (χ2n) is 9.75. The van der Waals surface area contributed by atoms with E-state index in [9.17, 15) is 0 Å². The summed E-state index contributed by atoms with van der Waals surface area (Å²) in [5.41, 5.74) is 2.12. The lowest BCUT2D eigenvalue weighted by molar-refractivity contribution is 0.410. The Kier molecular flexibility index (Phi) is 8.76. The van der Waals surface area contributed by atoms with Gasteiger partial charge < -0.3 is 9.47 Å². The van der Waals surface area contributed by atoms with Crippen molar-refractivity contribution in [1.82, 2.24) is 0 Å². The van der Waals surface area contributed by atoms with Gasteiger partial charge in [-0.25, -0.2) is 0 Å². The van der Waals surface area contributed by atoms with Crippen LogP contribution in [0.2, 0.25) is 0 Å². The van der Waals surface area contributed by atoms with E-state index in [-0.39, 0.29) is 0 Å². The molecule has 0 amide bonds. The van der Waals surface area contributed by atoms with E-state index in [0.29, 0.717) is 0 Å². The van der Waals surface area contributed by atoms with Crippen LogP contribution in [0.4, 0.5) is 0 Å². The molecule has 6 aromatic carbocycles. The predicted octanol–water partition coefficient (Wildman–Crippen LogP) is 6.89. The lowest BCUT2D eigenvalue weighted by atomic mass is 10.0. The van der Waals surface area contributed by atoms with Crippen LogP contribution >= 0.6 is 15.8 Å². The van der Waals surface area contributed by atoms with Crippen molar-refractivity contribution in [1.29, 1.82) is 0 Å². The maximum absolute atomic E-state index is 6.09. The SMILES string of the molecule is COc1ccc(P(c2ccccc2)c2ccccc2)cc1-c1c(OC)cccc1P(c1ccccc1)c1ccccc1. The van der Waals surface area contributed by atoms with E-state index in [1.54, 1.807) is 14.2 Å². The van der Waals surface area contributed by atoms with Gasteiger partial charge in [0.25, 0.3) is 0 Å². The second kappa shape index (κ2) is 13.2. The van der Waals surface area contributed by atoms with Crippen molar-refractivity contribution in [2.45, 2.75) is 0 Å². The third kappa shape index (κ3) is 5.75. The van der Waals surface area contributed by atoms with E-state index in [1.165, 1.54) is 31.8 Å². The molecule has 6 rings (SSSR count). The monoisotopic (exact) mass is 582 g/mol. The summed E-state index contributed by atoms with van der Waals surface area (Å²) in [6, 6.07) is 56.3. The van der Waals surface area contributed by atoms with Crippen LogP contribution in [0.3, 0.4) is 0 Å². The maximum atomic E-state index is 6.09. The minimum absolute atomic E-state index is 0.788. The maximum Gasteiger partial charge on any atom is 0.127 e. The van der Waals surface area contributed by atoms with Crippen molar-refractivity contribution >= 4 is 47.7 Å². The Morgan fingerprint density at radius 1 is 0.381 bits per heavy atom. The van der Waals surface area contributed by atoms with E-state index in [2.05, 4.69) is 158 Å². The molecule has 206 valence electrons. The Morgan fingerprint density at radius 3 is 1.29 bits per heavy atom. The highest BCUT2D eigenvalue weighted by molar-refractivity contribution is 7.80. The summed E-state index contributed by atoms with van der Waals surface area (Å²) in [6.45, 7) is 0. The predicted molar refractivity (Wildman–Crippen MR) is 182 cm³/mol. The minimum Gasteiger partial charge on any atom is -0.496 e. The van der Waals surface area contributed by atoms with Crippen LogP contribution in [-0.4, -0.2) is 14.2 Å². The third-order valence-corrected chi connectivity index (χ3v) is 12.1. The normalized spacial score (nSPS) is 11.0. The van der Waals surface area contributed by atoms with Gasteiger partial charge in [-0.2, -0.15) is 0 Å². The van der Waals surface area contributed by atoms with Crippen molar-refractivity contribution in [3.63, 3.8) is 0 Å². The average Bonchev–Trinajstić information content (AvgIpc) is 3.07. The molecular weight excluding hydrogens is 550 g/mol. The van der Waals surface area contributed by atoms with Crippen molar-refractivity contribution in [3.8, 4) is 22.6 Å². The standard InChI is InChI=1S/C38H32O2P2/c1-39-35-27-26-33(41(29-16-7-3-8-17-29)30-18-9-4-10-19-30)28-34(35)38-36(40-2)24-15-25-37(38)42(31-20-11-5-12-21-31)32-22-13-6-14-23-32/h3-28H,1-2H3. The fourth-order valence-corrected chi connectivity index (χ4v) is 10.2. The molecule has 0 aliphatic rings. The Bertz CT molecular complexity index is 1660. The molecule has 0 aliphatic carbocycles. The number of hydrogen-bond acceptors (Lipinski definition) is 2. The van der Waals surface area contributed by atoms with E-state index < -0.39 is 15.8 Å². The van der Waals surface area contributed by atoms with Crippen molar-refractivity contribution in [2.24, 2.45) is 0 Å². The smallest absolute Gasteiger partial charge is 0.127 e. The summed E-state index contributed by atoms with van der Waals surface area (Å²) < 4.78 is 12.1. The van der Waals surface area contributed by atoms with Crippen LogP contribution < -0.4 is 41.3 Å². The number of rotatable bonds is 9. The Morgan fingerprint density at radius 2 is 0.833 bits per heavy atom. The Hall–Kier alpha value is -4.22. The van der Waals surface area contributed by atoms with E-state index in [1.807, 2.05) is 0 Å². The Labute approximate surface area is 251 Å². The molecule has 0 saturated carbocycles. The molecule has 0 saturated heterocycles. The van der Waals surface area contributed by atoms with Gasteiger partial charge in [0.15, 0.2) is 0 Å². The molecule has 0 bridgehead atoms. The molecule has 0 aromatic heterocycles.